The van der Waals surface area contributed by atoms with Gasteiger partial charge in [0.15, 0.2) is 11.5 Å². The molecule has 1 N–H and O–H groups in total. The summed E-state index contributed by atoms with van der Waals surface area (Å²) in [7, 11) is 3.18. The van der Waals surface area contributed by atoms with Crippen LogP contribution in [0.25, 0.3) is 0 Å². The molecule has 1 aromatic heterocycles. The Balaban J connectivity index is 1.54. The minimum atomic E-state index is -0.554. The molecule has 8 nitrogen and oxygen atoms in total. The fraction of sp³-hybridized carbons (Fsp3) is 0.393. The van der Waals surface area contributed by atoms with Gasteiger partial charge < -0.3 is 24.4 Å². The fourth-order valence-corrected chi connectivity index (χ4v) is 5.15. The van der Waals surface area contributed by atoms with Crippen LogP contribution in [0, 0.1) is 6.92 Å². The lowest BCUT2D eigenvalue weighted by Gasteiger charge is -2.30. The molecule has 2 heterocycles. The molecule has 0 aliphatic carbocycles. The molecule has 1 fully saturated rings. The molecule has 0 spiro atoms. The SMILES string of the molecule is COc1ccc(C(=O)N(Cc2ccc(OCCc3scnc3C)c(OC)c2)[C@H]2CCCCNC2=O)cc1. The van der Waals surface area contributed by atoms with Crippen molar-refractivity contribution in [1.82, 2.24) is 15.2 Å². The standard InChI is InChI=1S/C28H33N3O5S/c1-19-26(37-18-30-19)13-15-36-24-12-7-20(16-25(24)35-3)17-31(23-6-4-5-14-29-27(23)32)28(33)21-8-10-22(34-2)11-9-21/h7-12,16,18,23H,4-6,13-15,17H2,1-3H3,(H,29,32)/t23-/m0/s1. The van der Waals surface area contributed by atoms with Crippen LogP contribution in [-0.2, 0) is 17.8 Å². The number of benzene rings is 2. The van der Waals surface area contributed by atoms with E-state index in [1.165, 1.54) is 4.88 Å². The second kappa shape index (κ2) is 12.6. The monoisotopic (exact) mass is 523 g/mol. The van der Waals surface area contributed by atoms with Gasteiger partial charge in [-0.25, -0.2) is 4.98 Å². The van der Waals surface area contributed by atoms with E-state index >= 15 is 0 Å². The third-order valence-corrected chi connectivity index (χ3v) is 7.49. The smallest absolute Gasteiger partial charge is 0.254 e. The Morgan fingerprint density at radius 2 is 1.92 bits per heavy atom. The number of aryl methyl sites for hydroxylation is 1. The van der Waals surface area contributed by atoms with E-state index in [0.717, 1.165) is 30.5 Å². The predicted molar refractivity (Wildman–Crippen MR) is 143 cm³/mol. The third kappa shape index (κ3) is 6.60. The largest absolute Gasteiger partial charge is 0.497 e. The summed E-state index contributed by atoms with van der Waals surface area (Å²) in [5.74, 6) is 1.56. The Morgan fingerprint density at radius 1 is 1.11 bits per heavy atom. The maximum Gasteiger partial charge on any atom is 0.254 e. The third-order valence-electron chi connectivity index (χ3n) is 6.49. The molecule has 0 bridgehead atoms. The van der Waals surface area contributed by atoms with Gasteiger partial charge in [0.25, 0.3) is 5.91 Å². The van der Waals surface area contributed by atoms with Crippen LogP contribution in [0.15, 0.2) is 48.0 Å². The Labute approximate surface area is 221 Å². The summed E-state index contributed by atoms with van der Waals surface area (Å²) in [6, 6.07) is 12.0. The van der Waals surface area contributed by atoms with Gasteiger partial charge in [-0.3, -0.25) is 9.59 Å². The number of hydrogen-bond donors (Lipinski definition) is 1. The highest BCUT2D eigenvalue weighted by Gasteiger charge is 2.31. The topological polar surface area (TPSA) is 90.0 Å². The molecule has 0 saturated carbocycles. The molecule has 2 aromatic carbocycles. The number of aromatic nitrogens is 1. The minimum absolute atomic E-state index is 0.121. The summed E-state index contributed by atoms with van der Waals surface area (Å²) in [4.78, 5) is 33.7. The van der Waals surface area contributed by atoms with E-state index in [1.54, 1.807) is 54.7 Å². The van der Waals surface area contributed by atoms with Crippen LogP contribution in [-0.4, -0.2) is 55.1 Å². The zero-order valence-corrected chi connectivity index (χ0v) is 22.3. The van der Waals surface area contributed by atoms with Crippen molar-refractivity contribution in [3.63, 3.8) is 0 Å². The first-order chi connectivity index (χ1) is 18.0. The van der Waals surface area contributed by atoms with E-state index in [0.29, 0.717) is 42.4 Å². The Bertz CT molecular complexity index is 1210. The minimum Gasteiger partial charge on any atom is -0.497 e. The van der Waals surface area contributed by atoms with Crippen molar-refractivity contribution in [3.05, 3.63) is 69.7 Å². The van der Waals surface area contributed by atoms with Gasteiger partial charge in [0.1, 0.15) is 11.8 Å². The molecule has 9 heteroatoms. The number of hydrogen-bond acceptors (Lipinski definition) is 7. The van der Waals surface area contributed by atoms with Crippen LogP contribution in [0.5, 0.6) is 17.2 Å². The van der Waals surface area contributed by atoms with Gasteiger partial charge in [-0.05, 0) is 68.1 Å². The number of methoxy groups -OCH3 is 2. The molecule has 4 rings (SSSR count). The Hall–Kier alpha value is -3.59. The van der Waals surface area contributed by atoms with Crippen molar-refractivity contribution in [1.29, 1.82) is 0 Å². The van der Waals surface area contributed by atoms with Crippen LogP contribution in [0.3, 0.4) is 0 Å². The van der Waals surface area contributed by atoms with E-state index in [2.05, 4.69) is 10.3 Å². The molecule has 1 aliphatic heterocycles. The molecule has 1 saturated heterocycles. The van der Waals surface area contributed by atoms with Gasteiger partial charge in [-0.2, -0.15) is 0 Å². The summed E-state index contributed by atoms with van der Waals surface area (Å²) < 4.78 is 16.8. The van der Waals surface area contributed by atoms with Gasteiger partial charge in [0, 0.05) is 30.0 Å². The van der Waals surface area contributed by atoms with Crippen LogP contribution in [0.4, 0.5) is 0 Å². The number of nitrogens with zero attached hydrogens (tertiary/aromatic N) is 2. The second-order valence-electron chi connectivity index (χ2n) is 8.91. The van der Waals surface area contributed by atoms with Gasteiger partial charge in [0.05, 0.1) is 32.0 Å². The summed E-state index contributed by atoms with van der Waals surface area (Å²) in [5.41, 5.74) is 4.22. The van der Waals surface area contributed by atoms with E-state index in [-0.39, 0.29) is 18.4 Å². The highest BCUT2D eigenvalue weighted by molar-refractivity contribution is 7.09. The number of thiazole rings is 1. The van der Waals surface area contributed by atoms with E-state index in [9.17, 15) is 9.59 Å². The first-order valence-electron chi connectivity index (χ1n) is 12.4. The van der Waals surface area contributed by atoms with Gasteiger partial charge in [0.2, 0.25) is 5.91 Å². The van der Waals surface area contributed by atoms with Crippen molar-refractivity contribution in [3.8, 4) is 17.2 Å². The van der Waals surface area contributed by atoms with Gasteiger partial charge >= 0.3 is 0 Å². The fourth-order valence-electron chi connectivity index (χ4n) is 4.39. The van der Waals surface area contributed by atoms with Crippen molar-refractivity contribution < 1.29 is 23.8 Å². The first kappa shape index (κ1) is 26.5. The number of carbonyl (C=O) groups excluding carboxylic acids is 2. The highest BCUT2D eigenvalue weighted by Crippen LogP contribution is 2.30. The molecular formula is C28H33N3O5S. The molecule has 3 aromatic rings. The zero-order valence-electron chi connectivity index (χ0n) is 21.5. The molecule has 37 heavy (non-hydrogen) atoms. The summed E-state index contributed by atoms with van der Waals surface area (Å²) >= 11 is 1.62. The first-order valence-corrected chi connectivity index (χ1v) is 13.3. The van der Waals surface area contributed by atoms with Crippen molar-refractivity contribution in [2.75, 3.05) is 27.4 Å². The van der Waals surface area contributed by atoms with E-state index in [4.69, 9.17) is 14.2 Å². The quantitative estimate of drug-likeness (QED) is 0.424. The number of rotatable bonds is 10. The molecule has 2 amide bonds. The van der Waals surface area contributed by atoms with Gasteiger partial charge in [-0.15, -0.1) is 11.3 Å². The molecule has 196 valence electrons. The summed E-state index contributed by atoms with van der Waals surface area (Å²) in [6.07, 6.45) is 3.14. The Morgan fingerprint density at radius 3 is 2.62 bits per heavy atom. The average molecular weight is 524 g/mol. The Kier molecular flexibility index (Phi) is 9.00. The zero-order chi connectivity index (χ0) is 26.2. The van der Waals surface area contributed by atoms with Crippen LogP contribution in [0.1, 0.15) is 45.8 Å². The number of carbonyl (C=O) groups is 2. The number of nitrogens with one attached hydrogen (secondary N) is 1. The van der Waals surface area contributed by atoms with E-state index in [1.807, 2.05) is 30.6 Å². The van der Waals surface area contributed by atoms with Gasteiger partial charge in [-0.1, -0.05) is 6.07 Å². The van der Waals surface area contributed by atoms with Crippen LogP contribution in [0.2, 0.25) is 0 Å². The van der Waals surface area contributed by atoms with Crippen molar-refractivity contribution >= 4 is 23.2 Å². The maximum absolute atomic E-state index is 13.7. The van der Waals surface area contributed by atoms with Crippen molar-refractivity contribution in [2.45, 2.75) is 45.2 Å². The molecular weight excluding hydrogens is 490 g/mol. The molecule has 0 radical (unpaired) electrons. The molecule has 1 aliphatic rings. The lowest BCUT2D eigenvalue weighted by Crippen LogP contribution is -2.48. The molecule has 1 atom stereocenters. The lowest BCUT2D eigenvalue weighted by atomic mass is 10.0. The average Bonchev–Trinajstić information content (AvgIpc) is 3.21. The van der Waals surface area contributed by atoms with Crippen molar-refractivity contribution in [2.24, 2.45) is 0 Å². The maximum atomic E-state index is 13.7. The van der Waals surface area contributed by atoms with Crippen LogP contribution < -0.4 is 19.5 Å². The second-order valence-corrected chi connectivity index (χ2v) is 9.85. The van der Waals surface area contributed by atoms with Crippen LogP contribution >= 0.6 is 11.3 Å². The number of ether oxygens (including phenoxy) is 3. The molecule has 0 unspecified atom stereocenters. The number of amides is 2. The van der Waals surface area contributed by atoms with E-state index < -0.39 is 6.04 Å². The highest BCUT2D eigenvalue weighted by atomic mass is 32.1. The summed E-state index contributed by atoms with van der Waals surface area (Å²) in [6.45, 7) is 3.39. The summed E-state index contributed by atoms with van der Waals surface area (Å²) in [5, 5.41) is 2.95. The predicted octanol–water partition coefficient (Wildman–Crippen LogP) is 4.40. The normalized spacial score (nSPS) is 15.4. The lowest BCUT2D eigenvalue weighted by molar-refractivity contribution is -0.125.